The average Bonchev–Trinajstić information content (AvgIpc) is 2.40. The lowest BCUT2D eigenvalue weighted by atomic mass is 10.3. The number of nitrogens with one attached hydrogen (secondary N) is 2. The molecule has 0 fully saturated rings. The van der Waals surface area contributed by atoms with Crippen molar-refractivity contribution in [2.75, 3.05) is 17.6 Å². The topological polar surface area (TPSA) is 90.9 Å². The van der Waals surface area contributed by atoms with Crippen molar-refractivity contribution < 1.29 is 5.11 Å². The second-order valence-electron chi connectivity index (χ2n) is 3.73. The molecule has 0 aliphatic rings. The van der Waals surface area contributed by atoms with E-state index in [2.05, 4.69) is 20.3 Å². The molecule has 0 aliphatic carbocycles. The second-order valence-corrected chi connectivity index (χ2v) is 4.84. The summed E-state index contributed by atoms with van der Waals surface area (Å²) in [5.41, 5.74) is 0.502. The van der Waals surface area contributed by atoms with Crippen LogP contribution in [0.3, 0.4) is 0 Å². The number of thioether (sulfide) groups is 1. The lowest BCUT2D eigenvalue weighted by molar-refractivity contribution is 0.467. The predicted molar refractivity (Wildman–Crippen MR) is 75.4 cm³/mol. The molecule has 2 rings (SSSR count). The van der Waals surface area contributed by atoms with Crippen LogP contribution in [-0.4, -0.2) is 32.4 Å². The number of rotatable bonds is 6. The Labute approximate surface area is 114 Å². The van der Waals surface area contributed by atoms with Crippen LogP contribution >= 0.6 is 11.8 Å². The molecule has 0 atom stereocenters. The van der Waals surface area contributed by atoms with Crippen molar-refractivity contribution in [3.05, 3.63) is 46.6 Å². The summed E-state index contributed by atoms with van der Waals surface area (Å²) in [7, 11) is 0. The van der Waals surface area contributed by atoms with Crippen LogP contribution < -0.4 is 10.9 Å². The van der Waals surface area contributed by atoms with Gasteiger partial charge in [0.05, 0.1) is 5.69 Å². The molecule has 100 valence electrons. The Hall–Kier alpha value is -2.02. The van der Waals surface area contributed by atoms with Crippen LogP contribution in [0.1, 0.15) is 5.69 Å². The van der Waals surface area contributed by atoms with Crippen LogP contribution in [0.4, 0.5) is 5.95 Å². The van der Waals surface area contributed by atoms with Crippen molar-refractivity contribution >= 4 is 17.7 Å². The van der Waals surface area contributed by atoms with Crippen molar-refractivity contribution in [3.8, 4) is 5.75 Å². The minimum atomic E-state index is -0.177. The third kappa shape index (κ3) is 4.29. The summed E-state index contributed by atoms with van der Waals surface area (Å²) in [6.07, 6.45) is 3.12. The Morgan fingerprint density at radius 1 is 1.32 bits per heavy atom. The van der Waals surface area contributed by atoms with E-state index in [0.29, 0.717) is 23.9 Å². The zero-order chi connectivity index (χ0) is 13.5. The molecule has 0 aromatic carbocycles. The first kappa shape index (κ1) is 13.4. The third-order valence-electron chi connectivity index (χ3n) is 2.31. The summed E-state index contributed by atoms with van der Waals surface area (Å²) in [5, 5.41) is 12.6. The van der Waals surface area contributed by atoms with Gasteiger partial charge >= 0.3 is 0 Å². The maximum Gasteiger partial charge on any atom is 0.252 e. The van der Waals surface area contributed by atoms with E-state index in [9.17, 15) is 9.90 Å². The van der Waals surface area contributed by atoms with Gasteiger partial charge in [-0.15, -0.1) is 0 Å². The van der Waals surface area contributed by atoms with Gasteiger partial charge in [-0.05, 0) is 12.1 Å². The zero-order valence-corrected chi connectivity index (χ0v) is 11.0. The van der Waals surface area contributed by atoms with Gasteiger partial charge in [-0.3, -0.25) is 14.8 Å². The lowest BCUT2D eigenvalue weighted by Gasteiger charge is -2.05. The molecule has 2 aromatic heterocycles. The van der Waals surface area contributed by atoms with Crippen LogP contribution in [0.5, 0.6) is 5.75 Å². The number of aromatic hydroxyl groups is 1. The average molecular weight is 278 g/mol. The minimum absolute atomic E-state index is 0.177. The molecule has 0 spiro atoms. The summed E-state index contributed by atoms with van der Waals surface area (Å²) >= 11 is 1.64. The number of hydrogen-bond donors (Lipinski definition) is 3. The summed E-state index contributed by atoms with van der Waals surface area (Å²) in [4.78, 5) is 21.7. The van der Waals surface area contributed by atoms with E-state index >= 15 is 0 Å². The summed E-state index contributed by atoms with van der Waals surface area (Å²) in [6, 6.07) is 4.69. The lowest BCUT2D eigenvalue weighted by Crippen LogP contribution is -2.13. The standard InChI is InChI=1S/C12H14N4O2S/c17-10-2-1-4-13-9(10)8-19-7-6-15-12-14-5-3-11(18)16-12/h1-5,17H,6-8H2,(H2,14,15,16,18). The Balaban J connectivity index is 1.70. The fourth-order valence-corrected chi connectivity index (χ4v) is 2.22. The van der Waals surface area contributed by atoms with Gasteiger partial charge in [-0.1, -0.05) is 0 Å². The number of anilines is 1. The highest BCUT2D eigenvalue weighted by atomic mass is 32.2. The molecule has 19 heavy (non-hydrogen) atoms. The Morgan fingerprint density at radius 2 is 2.21 bits per heavy atom. The van der Waals surface area contributed by atoms with Crippen LogP contribution in [-0.2, 0) is 5.75 Å². The molecular weight excluding hydrogens is 264 g/mol. The Kier molecular flexibility index (Phi) is 4.79. The van der Waals surface area contributed by atoms with Crippen LogP contribution in [0, 0.1) is 0 Å². The molecule has 0 saturated carbocycles. The minimum Gasteiger partial charge on any atom is -0.506 e. The first-order chi connectivity index (χ1) is 9.25. The largest absolute Gasteiger partial charge is 0.506 e. The molecule has 0 amide bonds. The number of H-pyrrole nitrogens is 1. The molecule has 0 saturated heterocycles. The van der Waals surface area contributed by atoms with E-state index in [1.807, 2.05) is 0 Å². The first-order valence-electron chi connectivity index (χ1n) is 5.75. The van der Waals surface area contributed by atoms with E-state index in [-0.39, 0.29) is 11.3 Å². The number of hydrogen-bond acceptors (Lipinski definition) is 6. The highest BCUT2D eigenvalue weighted by Gasteiger charge is 2.01. The van der Waals surface area contributed by atoms with E-state index in [1.165, 1.54) is 12.3 Å². The smallest absolute Gasteiger partial charge is 0.252 e. The van der Waals surface area contributed by atoms with Gasteiger partial charge in [-0.25, -0.2) is 4.98 Å². The number of pyridine rings is 1. The molecule has 0 aliphatic heterocycles. The molecule has 2 heterocycles. The van der Waals surface area contributed by atoms with Gasteiger partial charge in [0.15, 0.2) is 0 Å². The van der Waals surface area contributed by atoms with Gasteiger partial charge in [0, 0.05) is 36.5 Å². The van der Waals surface area contributed by atoms with E-state index < -0.39 is 0 Å². The summed E-state index contributed by atoms with van der Waals surface area (Å²) in [5.74, 6) is 2.15. The molecule has 7 heteroatoms. The second kappa shape index (κ2) is 6.79. The maximum atomic E-state index is 11.0. The van der Waals surface area contributed by atoms with Crippen molar-refractivity contribution in [3.63, 3.8) is 0 Å². The SMILES string of the molecule is O=c1ccnc(NCCSCc2ncccc2O)[nH]1. The molecule has 0 unspecified atom stereocenters. The fourth-order valence-electron chi connectivity index (χ4n) is 1.41. The van der Waals surface area contributed by atoms with Crippen molar-refractivity contribution in [1.29, 1.82) is 0 Å². The number of aromatic nitrogens is 3. The van der Waals surface area contributed by atoms with Gasteiger partial charge in [0.2, 0.25) is 5.95 Å². The molecule has 0 radical (unpaired) electrons. The predicted octanol–water partition coefficient (Wildman–Crippen LogP) is 1.22. The van der Waals surface area contributed by atoms with Crippen molar-refractivity contribution in [2.45, 2.75) is 5.75 Å². The highest BCUT2D eigenvalue weighted by Crippen LogP contribution is 2.18. The quantitative estimate of drug-likeness (QED) is 0.688. The van der Waals surface area contributed by atoms with Crippen LogP contribution in [0.2, 0.25) is 0 Å². The molecule has 6 nitrogen and oxygen atoms in total. The van der Waals surface area contributed by atoms with E-state index in [4.69, 9.17) is 0 Å². The zero-order valence-electron chi connectivity index (χ0n) is 10.2. The number of nitrogens with zero attached hydrogens (tertiary/aromatic N) is 2. The highest BCUT2D eigenvalue weighted by molar-refractivity contribution is 7.98. The normalized spacial score (nSPS) is 10.3. The Morgan fingerprint density at radius 3 is 3.00 bits per heavy atom. The Bertz CT molecular complexity index is 588. The number of aromatic amines is 1. The molecular formula is C12H14N4O2S. The van der Waals surface area contributed by atoms with Crippen LogP contribution in [0.25, 0.3) is 0 Å². The van der Waals surface area contributed by atoms with E-state index in [0.717, 1.165) is 5.75 Å². The molecule has 0 bridgehead atoms. The first-order valence-corrected chi connectivity index (χ1v) is 6.91. The van der Waals surface area contributed by atoms with Gasteiger partial charge < -0.3 is 10.4 Å². The third-order valence-corrected chi connectivity index (χ3v) is 3.29. The fraction of sp³-hybridized carbons (Fsp3) is 0.250. The molecule has 2 aromatic rings. The van der Waals surface area contributed by atoms with Gasteiger partial charge in [0.25, 0.3) is 5.56 Å². The maximum absolute atomic E-state index is 11.0. The van der Waals surface area contributed by atoms with Gasteiger partial charge in [-0.2, -0.15) is 11.8 Å². The summed E-state index contributed by atoms with van der Waals surface area (Å²) < 4.78 is 0. The van der Waals surface area contributed by atoms with Crippen molar-refractivity contribution in [2.24, 2.45) is 0 Å². The molecule has 3 N–H and O–H groups in total. The van der Waals surface area contributed by atoms with Crippen molar-refractivity contribution in [1.82, 2.24) is 15.0 Å². The van der Waals surface area contributed by atoms with Gasteiger partial charge in [0.1, 0.15) is 5.75 Å². The monoisotopic (exact) mass is 278 g/mol. The van der Waals surface area contributed by atoms with Crippen LogP contribution in [0.15, 0.2) is 35.4 Å². The van der Waals surface area contributed by atoms with E-state index in [1.54, 1.807) is 30.1 Å². The summed E-state index contributed by atoms with van der Waals surface area (Å²) in [6.45, 7) is 0.672.